The first-order valence-electron chi connectivity index (χ1n) is 9.60. The molecule has 1 aliphatic heterocycles. The van der Waals surface area contributed by atoms with E-state index in [0.717, 1.165) is 11.1 Å². The number of nitrogens with one attached hydrogen (secondary N) is 1. The van der Waals surface area contributed by atoms with Gasteiger partial charge in [-0.25, -0.2) is 8.42 Å². The second kappa shape index (κ2) is 9.28. The van der Waals surface area contributed by atoms with Crippen LogP contribution in [0.25, 0.3) is 0 Å². The lowest BCUT2D eigenvalue weighted by molar-refractivity contribution is -0.134. The topological polar surface area (TPSA) is 84.9 Å². The van der Waals surface area contributed by atoms with Crippen molar-refractivity contribution in [3.8, 4) is 5.75 Å². The van der Waals surface area contributed by atoms with E-state index in [1.165, 1.54) is 0 Å². The van der Waals surface area contributed by atoms with Gasteiger partial charge in [0.2, 0.25) is 5.91 Å². The van der Waals surface area contributed by atoms with E-state index in [-0.39, 0.29) is 17.2 Å². The molecular formula is C21H26N2O5S. The second-order valence-electron chi connectivity index (χ2n) is 6.86. The monoisotopic (exact) mass is 418 g/mol. The molecule has 2 aromatic carbocycles. The molecular weight excluding hydrogens is 392 g/mol. The third-order valence-corrected chi connectivity index (χ3v) is 6.02. The Hall–Kier alpha value is -2.58. The van der Waals surface area contributed by atoms with E-state index in [4.69, 9.17) is 9.47 Å². The van der Waals surface area contributed by atoms with Gasteiger partial charge >= 0.3 is 0 Å². The number of benzene rings is 2. The maximum Gasteiger partial charge on any atom is 0.265 e. The zero-order valence-corrected chi connectivity index (χ0v) is 17.5. The summed E-state index contributed by atoms with van der Waals surface area (Å²) in [5, 5.41) is 0. The number of anilines is 1. The molecule has 156 valence electrons. The van der Waals surface area contributed by atoms with Crippen LogP contribution in [0, 0.1) is 6.92 Å². The minimum absolute atomic E-state index is 0.0442. The van der Waals surface area contributed by atoms with Gasteiger partial charge in [0, 0.05) is 18.8 Å². The molecule has 1 aliphatic rings. The van der Waals surface area contributed by atoms with E-state index in [9.17, 15) is 13.2 Å². The lowest BCUT2D eigenvalue weighted by Gasteiger charge is -2.26. The Kier molecular flexibility index (Phi) is 6.76. The lowest BCUT2D eigenvalue weighted by atomic mass is 10.1. The number of ether oxygens (including phenoxy) is 2. The summed E-state index contributed by atoms with van der Waals surface area (Å²) in [6, 6.07) is 11.9. The van der Waals surface area contributed by atoms with Crippen molar-refractivity contribution in [2.45, 2.75) is 25.2 Å². The maximum atomic E-state index is 12.9. The van der Waals surface area contributed by atoms with Crippen molar-refractivity contribution in [3.63, 3.8) is 0 Å². The van der Waals surface area contributed by atoms with E-state index >= 15 is 0 Å². The second-order valence-corrected chi connectivity index (χ2v) is 8.51. The molecule has 0 bridgehead atoms. The maximum absolute atomic E-state index is 12.9. The zero-order valence-electron chi connectivity index (χ0n) is 16.7. The SMILES string of the molecule is CCOc1ccc(C)cc1S(=O)(=O)Nc1ccc(CC(=O)N2CCOCC2)cc1. The quantitative estimate of drug-likeness (QED) is 0.747. The molecule has 1 amide bonds. The predicted octanol–water partition coefficient (Wildman–Crippen LogP) is 2.60. The fourth-order valence-electron chi connectivity index (χ4n) is 3.10. The Morgan fingerprint density at radius 2 is 1.83 bits per heavy atom. The van der Waals surface area contributed by atoms with Crippen LogP contribution in [-0.2, 0) is 26.0 Å². The highest BCUT2D eigenvalue weighted by Crippen LogP contribution is 2.27. The summed E-state index contributed by atoms with van der Waals surface area (Å²) in [5.74, 6) is 0.362. The molecule has 0 saturated carbocycles. The summed E-state index contributed by atoms with van der Waals surface area (Å²) in [5.41, 5.74) is 2.08. The molecule has 8 heteroatoms. The molecule has 1 heterocycles. The first-order valence-corrected chi connectivity index (χ1v) is 11.1. The molecule has 0 spiro atoms. The number of hydrogen-bond acceptors (Lipinski definition) is 5. The summed E-state index contributed by atoms with van der Waals surface area (Å²) < 4.78 is 39.0. The molecule has 2 aromatic rings. The van der Waals surface area contributed by atoms with Crippen LogP contribution in [0.4, 0.5) is 5.69 Å². The van der Waals surface area contributed by atoms with Crippen LogP contribution in [0.1, 0.15) is 18.1 Å². The molecule has 0 aliphatic carbocycles. The van der Waals surface area contributed by atoms with Crippen molar-refractivity contribution in [2.24, 2.45) is 0 Å². The van der Waals surface area contributed by atoms with Gasteiger partial charge in [-0.1, -0.05) is 18.2 Å². The van der Waals surface area contributed by atoms with E-state index in [1.807, 2.05) is 13.0 Å². The molecule has 1 N–H and O–H groups in total. The van der Waals surface area contributed by atoms with Gasteiger partial charge in [0.25, 0.3) is 10.0 Å². The van der Waals surface area contributed by atoms with E-state index < -0.39 is 10.0 Å². The van der Waals surface area contributed by atoms with Crippen LogP contribution in [0.15, 0.2) is 47.4 Å². The zero-order chi connectivity index (χ0) is 20.9. The van der Waals surface area contributed by atoms with Crippen LogP contribution in [0.3, 0.4) is 0 Å². The molecule has 1 fully saturated rings. The van der Waals surface area contributed by atoms with Gasteiger partial charge in [-0.3, -0.25) is 9.52 Å². The minimum Gasteiger partial charge on any atom is -0.492 e. The number of sulfonamides is 1. The molecule has 0 unspecified atom stereocenters. The smallest absolute Gasteiger partial charge is 0.265 e. The fourth-order valence-corrected chi connectivity index (χ4v) is 4.39. The number of aryl methyl sites for hydroxylation is 1. The van der Waals surface area contributed by atoms with E-state index in [1.54, 1.807) is 48.2 Å². The average molecular weight is 419 g/mol. The molecule has 1 saturated heterocycles. The summed E-state index contributed by atoms with van der Waals surface area (Å²) in [6.07, 6.45) is 0.277. The fraction of sp³-hybridized carbons (Fsp3) is 0.381. The highest BCUT2D eigenvalue weighted by Gasteiger charge is 2.21. The van der Waals surface area contributed by atoms with Crippen LogP contribution >= 0.6 is 0 Å². The number of nitrogens with zero attached hydrogens (tertiary/aromatic N) is 1. The molecule has 0 aromatic heterocycles. The Balaban J connectivity index is 1.70. The van der Waals surface area contributed by atoms with E-state index in [0.29, 0.717) is 44.3 Å². The Morgan fingerprint density at radius 3 is 2.48 bits per heavy atom. The number of carbonyl (C=O) groups is 1. The Labute approximate surface area is 171 Å². The third-order valence-electron chi connectivity index (χ3n) is 4.61. The van der Waals surface area contributed by atoms with Crippen LogP contribution in [0.2, 0.25) is 0 Å². The van der Waals surface area contributed by atoms with Crippen molar-refractivity contribution in [3.05, 3.63) is 53.6 Å². The van der Waals surface area contributed by atoms with Crippen molar-refractivity contribution < 1.29 is 22.7 Å². The van der Waals surface area contributed by atoms with Gasteiger partial charge in [-0.2, -0.15) is 0 Å². The first kappa shape index (κ1) is 21.1. The normalized spacial score (nSPS) is 14.5. The van der Waals surface area contributed by atoms with Gasteiger partial charge in [0.05, 0.1) is 26.2 Å². The van der Waals surface area contributed by atoms with Crippen LogP contribution < -0.4 is 9.46 Å². The standard InChI is InChI=1S/C21H26N2O5S/c1-3-28-19-9-4-16(2)14-20(19)29(25,26)22-18-7-5-17(6-8-18)15-21(24)23-10-12-27-13-11-23/h4-9,14,22H,3,10-13,15H2,1-2H3. The van der Waals surface area contributed by atoms with Gasteiger partial charge in [-0.15, -0.1) is 0 Å². The van der Waals surface area contributed by atoms with Crippen molar-refractivity contribution in [1.29, 1.82) is 0 Å². The van der Waals surface area contributed by atoms with Gasteiger partial charge in [0.1, 0.15) is 10.6 Å². The number of morpholine rings is 1. The van der Waals surface area contributed by atoms with Gasteiger partial charge in [0.15, 0.2) is 0 Å². The first-order chi connectivity index (χ1) is 13.9. The van der Waals surface area contributed by atoms with Crippen LogP contribution in [0.5, 0.6) is 5.75 Å². The number of amides is 1. The summed E-state index contributed by atoms with van der Waals surface area (Å²) >= 11 is 0. The largest absolute Gasteiger partial charge is 0.492 e. The average Bonchev–Trinajstić information content (AvgIpc) is 2.71. The minimum atomic E-state index is -3.81. The number of rotatable bonds is 7. The van der Waals surface area contributed by atoms with Gasteiger partial charge in [-0.05, 0) is 49.2 Å². The van der Waals surface area contributed by atoms with Crippen LogP contribution in [-0.4, -0.2) is 52.1 Å². The molecule has 3 rings (SSSR count). The van der Waals surface area contributed by atoms with E-state index in [2.05, 4.69) is 4.72 Å². The Bertz CT molecular complexity index is 952. The number of hydrogen-bond donors (Lipinski definition) is 1. The molecule has 29 heavy (non-hydrogen) atoms. The summed E-state index contributed by atoms with van der Waals surface area (Å²) in [4.78, 5) is 14.2. The molecule has 0 atom stereocenters. The van der Waals surface area contributed by atoms with Crippen molar-refractivity contribution in [1.82, 2.24) is 4.90 Å². The Morgan fingerprint density at radius 1 is 1.14 bits per heavy atom. The summed E-state index contributed by atoms with van der Waals surface area (Å²) in [7, 11) is -3.81. The molecule has 7 nitrogen and oxygen atoms in total. The predicted molar refractivity (Wildman–Crippen MR) is 111 cm³/mol. The molecule has 0 radical (unpaired) electrons. The third kappa shape index (κ3) is 5.48. The lowest BCUT2D eigenvalue weighted by Crippen LogP contribution is -2.41. The highest BCUT2D eigenvalue weighted by molar-refractivity contribution is 7.92. The highest BCUT2D eigenvalue weighted by atomic mass is 32.2. The summed E-state index contributed by atoms with van der Waals surface area (Å²) in [6.45, 7) is 6.35. The van der Waals surface area contributed by atoms with Gasteiger partial charge < -0.3 is 14.4 Å². The number of carbonyl (C=O) groups excluding carboxylic acids is 1. The van der Waals surface area contributed by atoms with Crippen molar-refractivity contribution >= 4 is 21.6 Å². The van der Waals surface area contributed by atoms with Crippen molar-refractivity contribution in [2.75, 3.05) is 37.6 Å².